The van der Waals surface area contributed by atoms with Crippen LogP contribution in [0, 0.1) is 12.7 Å². The van der Waals surface area contributed by atoms with E-state index in [2.05, 4.69) is 4.98 Å². The number of benzene rings is 1. The van der Waals surface area contributed by atoms with Crippen LogP contribution < -0.4 is 0 Å². The lowest BCUT2D eigenvalue weighted by Crippen LogP contribution is -2.03. The number of fused-ring (bicyclic) bond motifs is 1. The Labute approximate surface area is 104 Å². The smallest absolute Gasteiger partial charge is 0.340 e. The quantitative estimate of drug-likeness (QED) is 0.827. The number of carbonyl (C=O) groups excluding carboxylic acids is 1. The first-order chi connectivity index (χ1) is 8.63. The fourth-order valence-corrected chi connectivity index (χ4v) is 2.40. The van der Waals surface area contributed by atoms with Gasteiger partial charge >= 0.3 is 5.97 Å². The average Bonchev–Trinajstić information content (AvgIpc) is 3.14. The summed E-state index contributed by atoms with van der Waals surface area (Å²) < 4.78 is 18.4. The maximum absolute atomic E-state index is 13.6. The molecule has 2 aromatic rings. The molecule has 3 rings (SSSR count). The van der Waals surface area contributed by atoms with Gasteiger partial charge in [-0.2, -0.15) is 0 Å². The maximum atomic E-state index is 13.6. The molecule has 0 unspecified atom stereocenters. The van der Waals surface area contributed by atoms with Gasteiger partial charge in [0.25, 0.3) is 0 Å². The van der Waals surface area contributed by atoms with Crippen LogP contribution in [0.15, 0.2) is 12.1 Å². The molecule has 1 heterocycles. The largest absolute Gasteiger partial charge is 0.465 e. The van der Waals surface area contributed by atoms with Crippen molar-refractivity contribution in [2.45, 2.75) is 25.7 Å². The van der Waals surface area contributed by atoms with E-state index in [9.17, 15) is 9.18 Å². The molecule has 18 heavy (non-hydrogen) atoms. The Balaban J connectivity index is 2.32. The number of hydrogen-bond donors (Lipinski definition) is 1. The molecule has 1 saturated carbocycles. The van der Waals surface area contributed by atoms with Gasteiger partial charge in [0.2, 0.25) is 0 Å². The number of ether oxygens (including phenoxy) is 1. The summed E-state index contributed by atoms with van der Waals surface area (Å²) in [6, 6.07) is 3.04. The van der Waals surface area contributed by atoms with Gasteiger partial charge in [-0.05, 0) is 37.8 Å². The highest BCUT2D eigenvalue weighted by Gasteiger charge is 2.32. The minimum Gasteiger partial charge on any atom is -0.465 e. The molecule has 94 valence electrons. The van der Waals surface area contributed by atoms with Crippen molar-refractivity contribution in [1.82, 2.24) is 4.98 Å². The van der Waals surface area contributed by atoms with Crippen molar-refractivity contribution in [2.75, 3.05) is 7.11 Å². The zero-order chi connectivity index (χ0) is 12.9. The van der Waals surface area contributed by atoms with Crippen LogP contribution in [-0.4, -0.2) is 18.1 Å². The minimum atomic E-state index is -0.353. The van der Waals surface area contributed by atoms with Gasteiger partial charge in [0, 0.05) is 16.6 Å². The third-order valence-corrected chi connectivity index (χ3v) is 3.57. The Hall–Kier alpha value is -1.84. The molecule has 1 fully saturated rings. The minimum absolute atomic E-state index is 0.262. The summed E-state index contributed by atoms with van der Waals surface area (Å²) in [5, 5.41) is 0.752. The van der Waals surface area contributed by atoms with Gasteiger partial charge in [-0.1, -0.05) is 0 Å². The Bertz CT molecular complexity index is 641. The van der Waals surface area contributed by atoms with E-state index >= 15 is 0 Å². The molecule has 1 aromatic heterocycles. The molecule has 0 spiro atoms. The van der Waals surface area contributed by atoms with E-state index in [1.54, 1.807) is 13.0 Å². The van der Waals surface area contributed by atoms with Gasteiger partial charge in [0.1, 0.15) is 5.82 Å². The summed E-state index contributed by atoms with van der Waals surface area (Å²) in [6.45, 7) is 1.71. The number of esters is 1. The lowest BCUT2D eigenvalue weighted by atomic mass is 10.1. The number of aromatic nitrogens is 1. The molecule has 0 amide bonds. The summed E-state index contributed by atoms with van der Waals surface area (Å²) in [5.74, 6) is -0.231. The van der Waals surface area contributed by atoms with Crippen LogP contribution in [0.25, 0.3) is 10.9 Å². The second kappa shape index (κ2) is 3.83. The maximum Gasteiger partial charge on any atom is 0.340 e. The summed E-state index contributed by atoms with van der Waals surface area (Å²) >= 11 is 0. The van der Waals surface area contributed by atoms with E-state index in [0.29, 0.717) is 22.6 Å². The van der Waals surface area contributed by atoms with Gasteiger partial charge in [-0.25, -0.2) is 9.18 Å². The fourth-order valence-electron chi connectivity index (χ4n) is 2.40. The van der Waals surface area contributed by atoms with Gasteiger partial charge in [-0.15, -0.1) is 0 Å². The van der Waals surface area contributed by atoms with E-state index in [1.807, 2.05) is 0 Å². The van der Waals surface area contributed by atoms with Gasteiger partial charge < -0.3 is 9.72 Å². The molecule has 0 bridgehead atoms. The van der Waals surface area contributed by atoms with Crippen LogP contribution in [0.3, 0.4) is 0 Å². The number of halogens is 1. The van der Waals surface area contributed by atoms with Crippen LogP contribution >= 0.6 is 0 Å². The van der Waals surface area contributed by atoms with E-state index in [4.69, 9.17) is 4.74 Å². The van der Waals surface area contributed by atoms with Crippen molar-refractivity contribution in [3.05, 3.63) is 34.8 Å². The molecule has 0 atom stereocenters. The van der Waals surface area contributed by atoms with Gasteiger partial charge in [0.05, 0.1) is 18.2 Å². The molecular weight excluding hydrogens is 233 g/mol. The molecule has 1 N–H and O–H groups in total. The molecule has 0 saturated heterocycles. The van der Waals surface area contributed by atoms with Gasteiger partial charge in [0.15, 0.2) is 0 Å². The van der Waals surface area contributed by atoms with Crippen molar-refractivity contribution in [3.63, 3.8) is 0 Å². The third kappa shape index (κ3) is 1.52. The van der Waals surface area contributed by atoms with Crippen LogP contribution in [-0.2, 0) is 4.74 Å². The van der Waals surface area contributed by atoms with Crippen molar-refractivity contribution in [3.8, 4) is 0 Å². The van der Waals surface area contributed by atoms with Crippen LogP contribution in [0.5, 0.6) is 0 Å². The van der Waals surface area contributed by atoms with Crippen molar-refractivity contribution >= 4 is 16.9 Å². The van der Waals surface area contributed by atoms with Gasteiger partial charge in [-0.3, -0.25) is 0 Å². The Kier molecular flexibility index (Phi) is 2.40. The molecule has 0 aliphatic heterocycles. The lowest BCUT2D eigenvalue weighted by molar-refractivity contribution is 0.0601. The monoisotopic (exact) mass is 247 g/mol. The highest BCUT2D eigenvalue weighted by Crippen LogP contribution is 2.43. The average molecular weight is 247 g/mol. The van der Waals surface area contributed by atoms with Crippen LogP contribution in [0.4, 0.5) is 4.39 Å². The molecule has 1 aliphatic carbocycles. The highest BCUT2D eigenvalue weighted by molar-refractivity contribution is 6.06. The second-order valence-corrected chi connectivity index (χ2v) is 4.77. The summed E-state index contributed by atoms with van der Waals surface area (Å²) in [6.07, 6.45) is 2.14. The predicted molar refractivity (Wildman–Crippen MR) is 66.3 cm³/mol. The molecule has 4 heteroatoms. The SMILES string of the molecule is COC(=O)c1c(C2CC2)[nH]c2c(C)c(F)ccc12. The van der Waals surface area contributed by atoms with E-state index in [1.165, 1.54) is 13.2 Å². The Morgan fingerprint density at radius 1 is 1.44 bits per heavy atom. The number of methoxy groups -OCH3 is 1. The fraction of sp³-hybridized carbons (Fsp3) is 0.357. The normalized spacial score (nSPS) is 15.1. The molecular formula is C14H14FNO2. The standard InChI is InChI=1S/C14H14FNO2/c1-7-10(15)6-5-9-11(14(17)18-2)13(8-3-4-8)16-12(7)9/h5-6,8,16H,3-4H2,1-2H3. The second-order valence-electron chi connectivity index (χ2n) is 4.77. The lowest BCUT2D eigenvalue weighted by Gasteiger charge is -2.01. The number of nitrogens with one attached hydrogen (secondary N) is 1. The first kappa shape index (κ1) is 11.3. The third-order valence-electron chi connectivity index (χ3n) is 3.57. The van der Waals surface area contributed by atoms with E-state index in [-0.39, 0.29) is 11.8 Å². The zero-order valence-corrected chi connectivity index (χ0v) is 10.3. The summed E-state index contributed by atoms with van der Waals surface area (Å²) in [5.41, 5.74) is 2.71. The number of carbonyl (C=O) groups is 1. The molecule has 1 aromatic carbocycles. The summed E-state index contributed by atoms with van der Waals surface area (Å²) in [7, 11) is 1.37. The zero-order valence-electron chi connectivity index (χ0n) is 10.3. The number of hydrogen-bond acceptors (Lipinski definition) is 2. The Morgan fingerprint density at radius 3 is 2.78 bits per heavy atom. The van der Waals surface area contributed by atoms with E-state index in [0.717, 1.165) is 23.9 Å². The van der Waals surface area contributed by atoms with E-state index < -0.39 is 0 Å². The number of aryl methyl sites for hydroxylation is 1. The molecule has 0 radical (unpaired) electrons. The van der Waals surface area contributed by atoms with Crippen molar-refractivity contribution in [2.24, 2.45) is 0 Å². The van der Waals surface area contributed by atoms with Crippen molar-refractivity contribution < 1.29 is 13.9 Å². The Morgan fingerprint density at radius 2 is 2.17 bits per heavy atom. The molecule has 3 nitrogen and oxygen atoms in total. The summed E-state index contributed by atoms with van der Waals surface area (Å²) in [4.78, 5) is 15.1. The van der Waals surface area contributed by atoms with Crippen molar-refractivity contribution in [1.29, 1.82) is 0 Å². The number of aromatic amines is 1. The first-order valence-corrected chi connectivity index (χ1v) is 6.02. The predicted octanol–water partition coefficient (Wildman–Crippen LogP) is 3.28. The first-order valence-electron chi connectivity index (χ1n) is 6.02. The van der Waals surface area contributed by atoms with Crippen LogP contribution in [0.2, 0.25) is 0 Å². The topological polar surface area (TPSA) is 42.1 Å². The highest BCUT2D eigenvalue weighted by atomic mass is 19.1. The number of H-pyrrole nitrogens is 1. The number of rotatable bonds is 2. The molecule has 1 aliphatic rings. The van der Waals surface area contributed by atoms with Crippen LogP contribution in [0.1, 0.15) is 40.4 Å².